The van der Waals surface area contributed by atoms with E-state index in [1.807, 2.05) is 20.8 Å². The third-order valence-electron chi connectivity index (χ3n) is 6.06. The number of nitrogens with zero attached hydrogens (tertiary/aromatic N) is 1. The van der Waals surface area contributed by atoms with Gasteiger partial charge in [-0.15, -0.1) is 0 Å². The second-order valence-corrected chi connectivity index (χ2v) is 8.92. The van der Waals surface area contributed by atoms with Gasteiger partial charge in [0.25, 0.3) is 5.91 Å². The van der Waals surface area contributed by atoms with Crippen LogP contribution in [0.1, 0.15) is 67.8 Å². The van der Waals surface area contributed by atoms with Gasteiger partial charge in [0.2, 0.25) is 0 Å². The summed E-state index contributed by atoms with van der Waals surface area (Å²) in [5.41, 5.74) is 1.47. The van der Waals surface area contributed by atoms with Gasteiger partial charge in [0.1, 0.15) is 16.9 Å². The predicted octanol–water partition coefficient (Wildman–Crippen LogP) is 3.69. The van der Waals surface area contributed by atoms with Crippen LogP contribution < -0.4 is 10.1 Å². The molecular weight excluding hydrogens is 400 g/mol. The molecule has 1 aromatic heterocycles. The molecule has 0 bridgehead atoms. The molecule has 31 heavy (non-hydrogen) atoms. The number of piperidine rings is 1. The molecule has 1 fully saturated rings. The number of furan rings is 1. The van der Waals surface area contributed by atoms with E-state index in [2.05, 4.69) is 5.32 Å². The average molecular weight is 431 g/mol. The molecule has 2 aromatic rings. The van der Waals surface area contributed by atoms with Crippen LogP contribution in [0, 0.1) is 6.92 Å². The molecule has 1 saturated heterocycles. The lowest BCUT2D eigenvalue weighted by Gasteiger charge is -2.35. The molecule has 0 saturated carbocycles. The molecule has 2 aliphatic heterocycles. The van der Waals surface area contributed by atoms with E-state index in [9.17, 15) is 14.7 Å². The molecule has 0 aliphatic carbocycles. The molecular formula is C23H30N2O6. The van der Waals surface area contributed by atoms with Gasteiger partial charge >= 0.3 is 6.09 Å². The standard InChI is InChI=1S/C23H30N2O6/c1-5-29-22(28)25-10-8-14(9-11-25)24-21(27)20-13(2)18-16(30-20)6-7-17-19(18)15(26)12-23(3,4)31-17/h6-7,14-15,26H,5,8-12H2,1-4H3,(H,24,27). The first-order valence-corrected chi connectivity index (χ1v) is 10.9. The Labute approximate surface area is 181 Å². The molecule has 1 atom stereocenters. The van der Waals surface area contributed by atoms with E-state index in [1.54, 1.807) is 24.0 Å². The second kappa shape index (κ2) is 8.07. The van der Waals surface area contributed by atoms with Crippen LogP contribution in [0.2, 0.25) is 0 Å². The summed E-state index contributed by atoms with van der Waals surface area (Å²) >= 11 is 0. The SMILES string of the molecule is CCOC(=O)N1CCC(NC(=O)c2oc3ccc4c(c3c2C)C(O)CC(C)(C)O4)CC1. The average Bonchev–Trinajstić information content (AvgIpc) is 3.04. The van der Waals surface area contributed by atoms with Gasteiger partial charge in [-0.05, 0) is 52.7 Å². The number of amides is 2. The Morgan fingerprint density at radius 2 is 2.00 bits per heavy atom. The zero-order valence-electron chi connectivity index (χ0n) is 18.5. The molecule has 1 unspecified atom stereocenters. The maximum Gasteiger partial charge on any atom is 0.409 e. The first-order valence-electron chi connectivity index (χ1n) is 10.9. The number of benzene rings is 1. The monoisotopic (exact) mass is 430 g/mol. The number of hydrogen-bond donors (Lipinski definition) is 2. The summed E-state index contributed by atoms with van der Waals surface area (Å²) in [5, 5.41) is 14.5. The second-order valence-electron chi connectivity index (χ2n) is 8.92. The van der Waals surface area contributed by atoms with Gasteiger partial charge in [-0.3, -0.25) is 4.79 Å². The highest BCUT2D eigenvalue weighted by Gasteiger charge is 2.36. The molecule has 4 rings (SSSR count). The number of aliphatic hydroxyl groups excluding tert-OH is 1. The molecule has 2 amide bonds. The Balaban J connectivity index is 1.52. The number of aryl methyl sites for hydroxylation is 1. The Morgan fingerprint density at radius 3 is 2.68 bits per heavy atom. The Hall–Kier alpha value is -2.74. The molecule has 0 spiro atoms. The number of aliphatic hydroxyl groups is 1. The lowest BCUT2D eigenvalue weighted by molar-refractivity contribution is 0.0126. The van der Waals surface area contributed by atoms with Crippen molar-refractivity contribution in [2.24, 2.45) is 0 Å². The minimum absolute atomic E-state index is 0.0468. The number of hydrogen-bond acceptors (Lipinski definition) is 6. The highest BCUT2D eigenvalue weighted by Crippen LogP contribution is 2.45. The summed E-state index contributed by atoms with van der Waals surface area (Å²) in [5.74, 6) is 0.579. The van der Waals surface area contributed by atoms with Crippen LogP contribution in [0.5, 0.6) is 5.75 Å². The van der Waals surface area contributed by atoms with E-state index < -0.39 is 11.7 Å². The topological polar surface area (TPSA) is 101 Å². The Kier molecular flexibility index (Phi) is 5.60. The van der Waals surface area contributed by atoms with Gasteiger partial charge in [-0.25, -0.2) is 4.79 Å². The van der Waals surface area contributed by atoms with Gasteiger partial charge in [0.15, 0.2) is 5.76 Å². The molecule has 3 heterocycles. The van der Waals surface area contributed by atoms with E-state index >= 15 is 0 Å². The summed E-state index contributed by atoms with van der Waals surface area (Å²) in [6, 6.07) is 3.52. The Bertz CT molecular complexity index is 1000. The fourth-order valence-corrected chi connectivity index (χ4v) is 4.57. The molecule has 1 aromatic carbocycles. The maximum atomic E-state index is 13.0. The van der Waals surface area contributed by atoms with Gasteiger partial charge in [0, 0.05) is 42.1 Å². The first kappa shape index (κ1) is 21.5. The number of nitrogens with one attached hydrogen (secondary N) is 1. The molecule has 168 valence electrons. The number of rotatable bonds is 3. The number of carbonyl (C=O) groups is 2. The van der Waals surface area contributed by atoms with Crippen LogP contribution in [-0.2, 0) is 4.74 Å². The molecule has 8 heteroatoms. The molecule has 2 N–H and O–H groups in total. The van der Waals surface area contributed by atoms with E-state index in [0.717, 1.165) is 5.39 Å². The van der Waals surface area contributed by atoms with Gasteiger partial charge < -0.3 is 29.2 Å². The van der Waals surface area contributed by atoms with E-state index in [0.29, 0.717) is 61.4 Å². The van der Waals surface area contributed by atoms with Crippen molar-refractivity contribution >= 4 is 23.0 Å². The maximum absolute atomic E-state index is 13.0. The molecule has 0 radical (unpaired) electrons. The van der Waals surface area contributed by atoms with Crippen molar-refractivity contribution in [3.05, 3.63) is 29.0 Å². The number of carbonyl (C=O) groups excluding carboxylic acids is 2. The van der Waals surface area contributed by atoms with Gasteiger partial charge in [-0.1, -0.05) is 0 Å². The number of likely N-dealkylation sites (tertiary alicyclic amines) is 1. The smallest absolute Gasteiger partial charge is 0.409 e. The lowest BCUT2D eigenvalue weighted by atomic mass is 9.89. The third-order valence-corrected chi connectivity index (χ3v) is 6.06. The van der Waals surface area contributed by atoms with E-state index in [4.69, 9.17) is 13.9 Å². The van der Waals surface area contributed by atoms with Crippen molar-refractivity contribution in [1.82, 2.24) is 10.2 Å². The summed E-state index contributed by atoms with van der Waals surface area (Å²) in [6.07, 6.45) is 0.766. The van der Waals surface area contributed by atoms with Gasteiger partial charge in [-0.2, -0.15) is 0 Å². The van der Waals surface area contributed by atoms with Crippen LogP contribution >= 0.6 is 0 Å². The van der Waals surface area contributed by atoms with Crippen LogP contribution in [-0.4, -0.2) is 53.3 Å². The molecule has 2 aliphatic rings. The Morgan fingerprint density at radius 1 is 1.29 bits per heavy atom. The largest absolute Gasteiger partial charge is 0.487 e. The minimum Gasteiger partial charge on any atom is -0.487 e. The number of ether oxygens (including phenoxy) is 2. The quantitative estimate of drug-likeness (QED) is 0.770. The van der Waals surface area contributed by atoms with E-state index in [-0.39, 0.29) is 23.8 Å². The normalized spacial score (nSPS) is 20.8. The zero-order valence-corrected chi connectivity index (χ0v) is 18.5. The highest BCUT2D eigenvalue weighted by molar-refractivity contribution is 6.00. The summed E-state index contributed by atoms with van der Waals surface area (Å²) < 4.78 is 17.0. The number of fused-ring (bicyclic) bond motifs is 3. The highest BCUT2D eigenvalue weighted by atomic mass is 16.6. The van der Waals surface area contributed by atoms with E-state index in [1.165, 1.54) is 0 Å². The van der Waals surface area contributed by atoms with Crippen LogP contribution in [0.15, 0.2) is 16.5 Å². The van der Waals surface area contributed by atoms with Crippen molar-refractivity contribution < 1.29 is 28.6 Å². The fraction of sp³-hybridized carbons (Fsp3) is 0.565. The first-order chi connectivity index (χ1) is 14.7. The fourth-order valence-electron chi connectivity index (χ4n) is 4.57. The summed E-state index contributed by atoms with van der Waals surface area (Å²) in [6.45, 7) is 8.92. The van der Waals surface area contributed by atoms with Crippen molar-refractivity contribution in [2.75, 3.05) is 19.7 Å². The van der Waals surface area contributed by atoms with Crippen molar-refractivity contribution in [2.45, 2.75) is 64.7 Å². The van der Waals surface area contributed by atoms with Crippen LogP contribution in [0.4, 0.5) is 4.79 Å². The minimum atomic E-state index is -0.693. The zero-order chi connectivity index (χ0) is 22.3. The summed E-state index contributed by atoms with van der Waals surface area (Å²) in [7, 11) is 0. The van der Waals surface area contributed by atoms with Crippen LogP contribution in [0.3, 0.4) is 0 Å². The third kappa shape index (κ3) is 4.08. The van der Waals surface area contributed by atoms with Crippen molar-refractivity contribution in [3.63, 3.8) is 0 Å². The van der Waals surface area contributed by atoms with Gasteiger partial charge in [0.05, 0.1) is 12.7 Å². The van der Waals surface area contributed by atoms with Crippen molar-refractivity contribution in [3.8, 4) is 5.75 Å². The molecule has 8 nitrogen and oxygen atoms in total. The predicted molar refractivity (Wildman–Crippen MR) is 114 cm³/mol. The summed E-state index contributed by atoms with van der Waals surface area (Å²) in [4.78, 5) is 26.5. The van der Waals surface area contributed by atoms with Crippen molar-refractivity contribution in [1.29, 1.82) is 0 Å². The lowest BCUT2D eigenvalue weighted by Crippen LogP contribution is -2.46. The van der Waals surface area contributed by atoms with Crippen LogP contribution in [0.25, 0.3) is 11.0 Å².